The molecular weight excluding hydrogens is 300 g/mol. The number of sulfone groups is 1. The molecule has 0 aliphatic carbocycles. The molecule has 0 radical (unpaired) electrons. The molecule has 2 aromatic heterocycles. The van der Waals surface area contributed by atoms with Gasteiger partial charge in [-0.2, -0.15) is 0 Å². The molecule has 3 heterocycles. The summed E-state index contributed by atoms with van der Waals surface area (Å²) in [5.74, 6) is 0.692. The van der Waals surface area contributed by atoms with Crippen molar-refractivity contribution in [1.82, 2.24) is 20.3 Å². The van der Waals surface area contributed by atoms with Gasteiger partial charge in [0.25, 0.3) is 0 Å². The van der Waals surface area contributed by atoms with Crippen LogP contribution in [0.4, 0.5) is 0 Å². The summed E-state index contributed by atoms with van der Waals surface area (Å²) >= 11 is 0. The number of hydrogen-bond donors (Lipinski definition) is 1. The third-order valence-electron chi connectivity index (χ3n) is 3.85. The molecule has 0 bridgehead atoms. The second kappa shape index (κ2) is 6.10. The minimum absolute atomic E-state index is 0.148. The average molecular weight is 318 g/mol. The molecule has 3 rings (SSSR count). The highest BCUT2D eigenvalue weighted by Gasteiger charge is 2.25. The molecule has 116 valence electrons. The van der Waals surface area contributed by atoms with E-state index in [9.17, 15) is 8.42 Å². The van der Waals surface area contributed by atoms with Crippen LogP contribution in [-0.4, -0.2) is 42.7 Å². The fourth-order valence-electron chi connectivity index (χ4n) is 2.70. The molecule has 1 aliphatic heterocycles. The van der Waals surface area contributed by atoms with Crippen molar-refractivity contribution in [2.24, 2.45) is 0 Å². The van der Waals surface area contributed by atoms with Crippen LogP contribution in [0.2, 0.25) is 0 Å². The third kappa shape index (κ3) is 3.15. The lowest BCUT2D eigenvalue weighted by Gasteiger charge is -2.23. The zero-order valence-electron chi connectivity index (χ0n) is 12.4. The fourth-order valence-corrected chi connectivity index (χ4v) is 3.53. The Morgan fingerprint density at radius 3 is 2.50 bits per heavy atom. The van der Waals surface area contributed by atoms with Crippen molar-refractivity contribution >= 4 is 9.84 Å². The van der Waals surface area contributed by atoms with Gasteiger partial charge in [0.05, 0.1) is 5.69 Å². The van der Waals surface area contributed by atoms with E-state index in [0.29, 0.717) is 11.5 Å². The van der Waals surface area contributed by atoms with E-state index in [1.54, 1.807) is 12.4 Å². The molecule has 1 fully saturated rings. The van der Waals surface area contributed by atoms with Crippen LogP contribution in [0.5, 0.6) is 0 Å². The molecule has 0 atom stereocenters. The lowest BCUT2D eigenvalue weighted by atomic mass is 9.94. The molecule has 0 aromatic carbocycles. The smallest absolute Gasteiger partial charge is 0.178 e. The lowest BCUT2D eigenvalue weighted by molar-refractivity contribution is 0.446. The standard InChI is InChI=1S/C15H18N4O2S/c1-22(20,21)13-10-18-15(12-4-8-17-9-5-12)19-14(13)11-2-6-16-7-3-11/h4-5,8-11,16H,2-3,6-7H2,1H3. The topological polar surface area (TPSA) is 84.8 Å². The normalized spacial score (nSPS) is 16.6. The summed E-state index contributed by atoms with van der Waals surface area (Å²) in [5, 5.41) is 3.29. The molecule has 1 N–H and O–H groups in total. The Kier molecular flexibility index (Phi) is 4.17. The number of piperidine rings is 1. The highest BCUT2D eigenvalue weighted by Crippen LogP contribution is 2.30. The predicted molar refractivity (Wildman–Crippen MR) is 83.2 cm³/mol. The van der Waals surface area contributed by atoms with Gasteiger partial charge in [-0.25, -0.2) is 18.4 Å². The number of nitrogens with one attached hydrogen (secondary N) is 1. The van der Waals surface area contributed by atoms with Gasteiger partial charge in [0, 0.05) is 36.3 Å². The maximum absolute atomic E-state index is 12.0. The van der Waals surface area contributed by atoms with Crippen molar-refractivity contribution in [3.8, 4) is 11.4 Å². The van der Waals surface area contributed by atoms with Crippen molar-refractivity contribution in [2.75, 3.05) is 19.3 Å². The van der Waals surface area contributed by atoms with Crippen LogP contribution in [0.1, 0.15) is 24.5 Å². The number of hydrogen-bond acceptors (Lipinski definition) is 6. The van der Waals surface area contributed by atoms with Crippen LogP contribution in [0, 0.1) is 0 Å². The Labute approximate surface area is 130 Å². The summed E-state index contributed by atoms with van der Waals surface area (Å²) in [7, 11) is -3.34. The first-order valence-electron chi connectivity index (χ1n) is 7.24. The van der Waals surface area contributed by atoms with Crippen LogP contribution >= 0.6 is 0 Å². The summed E-state index contributed by atoms with van der Waals surface area (Å²) in [4.78, 5) is 13.1. The highest BCUT2D eigenvalue weighted by atomic mass is 32.2. The minimum atomic E-state index is -3.34. The summed E-state index contributed by atoms with van der Waals surface area (Å²) in [6.07, 6.45) is 7.77. The first-order chi connectivity index (χ1) is 10.6. The van der Waals surface area contributed by atoms with Gasteiger partial charge in [-0.05, 0) is 38.1 Å². The molecular formula is C15H18N4O2S. The first kappa shape index (κ1) is 15.1. The second-order valence-electron chi connectivity index (χ2n) is 5.48. The van der Waals surface area contributed by atoms with E-state index in [0.717, 1.165) is 31.5 Å². The molecule has 7 heteroatoms. The number of aromatic nitrogens is 3. The molecule has 0 spiro atoms. The Hall–Kier alpha value is -1.86. The van der Waals surface area contributed by atoms with E-state index < -0.39 is 9.84 Å². The van der Waals surface area contributed by atoms with E-state index in [-0.39, 0.29) is 10.8 Å². The Balaban J connectivity index is 2.10. The third-order valence-corrected chi connectivity index (χ3v) is 4.96. The molecule has 1 saturated heterocycles. The van der Waals surface area contributed by atoms with Crippen LogP contribution in [-0.2, 0) is 9.84 Å². The van der Waals surface area contributed by atoms with Gasteiger partial charge in [-0.3, -0.25) is 4.98 Å². The van der Waals surface area contributed by atoms with E-state index in [2.05, 4.69) is 20.3 Å². The van der Waals surface area contributed by atoms with Crippen LogP contribution in [0.15, 0.2) is 35.6 Å². The van der Waals surface area contributed by atoms with Crippen LogP contribution in [0.3, 0.4) is 0 Å². The van der Waals surface area contributed by atoms with Crippen molar-refractivity contribution in [3.05, 3.63) is 36.4 Å². The number of pyridine rings is 1. The zero-order chi connectivity index (χ0) is 15.6. The summed E-state index contributed by atoms with van der Waals surface area (Å²) in [5.41, 5.74) is 1.48. The number of nitrogens with zero attached hydrogens (tertiary/aromatic N) is 3. The monoisotopic (exact) mass is 318 g/mol. The Bertz CT molecular complexity index is 756. The summed E-state index contributed by atoms with van der Waals surface area (Å²) < 4.78 is 24.1. The zero-order valence-corrected chi connectivity index (χ0v) is 13.2. The molecule has 2 aromatic rings. The maximum Gasteiger partial charge on any atom is 0.178 e. The molecule has 0 saturated carbocycles. The van der Waals surface area contributed by atoms with E-state index >= 15 is 0 Å². The van der Waals surface area contributed by atoms with Gasteiger partial charge in [0.15, 0.2) is 15.7 Å². The molecule has 1 aliphatic rings. The molecule has 6 nitrogen and oxygen atoms in total. The van der Waals surface area contributed by atoms with E-state index in [1.807, 2.05) is 12.1 Å². The maximum atomic E-state index is 12.0. The van der Waals surface area contributed by atoms with Gasteiger partial charge < -0.3 is 5.32 Å². The van der Waals surface area contributed by atoms with E-state index in [1.165, 1.54) is 12.5 Å². The van der Waals surface area contributed by atoms with Gasteiger partial charge in [0.2, 0.25) is 0 Å². The van der Waals surface area contributed by atoms with Crippen molar-refractivity contribution in [3.63, 3.8) is 0 Å². The van der Waals surface area contributed by atoms with Gasteiger partial charge in [-0.15, -0.1) is 0 Å². The SMILES string of the molecule is CS(=O)(=O)c1cnc(-c2ccncc2)nc1C1CCNCC1. The minimum Gasteiger partial charge on any atom is -0.317 e. The van der Waals surface area contributed by atoms with Crippen LogP contribution in [0.25, 0.3) is 11.4 Å². The summed E-state index contributed by atoms with van der Waals surface area (Å²) in [6.45, 7) is 1.75. The van der Waals surface area contributed by atoms with Gasteiger partial charge >= 0.3 is 0 Å². The first-order valence-corrected chi connectivity index (χ1v) is 9.13. The summed E-state index contributed by atoms with van der Waals surface area (Å²) in [6, 6.07) is 3.64. The lowest BCUT2D eigenvalue weighted by Crippen LogP contribution is -2.28. The Morgan fingerprint density at radius 2 is 1.86 bits per heavy atom. The molecule has 22 heavy (non-hydrogen) atoms. The molecule has 0 amide bonds. The highest BCUT2D eigenvalue weighted by molar-refractivity contribution is 7.90. The van der Waals surface area contributed by atoms with Crippen molar-refractivity contribution < 1.29 is 8.42 Å². The quantitative estimate of drug-likeness (QED) is 0.921. The van der Waals surface area contributed by atoms with Gasteiger partial charge in [-0.1, -0.05) is 0 Å². The fraction of sp³-hybridized carbons (Fsp3) is 0.400. The van der Waals surface area contributed by atoms with Gasteiger partial charge in [0.1, 0.15) is 4.90 Å². The molecule has 0 unspecified atom stereocenters. The largest absolute Gasteiger partial charge is 0.317 e. The van der Waals surface area contributed by atoms with Crippen LogP contribution < -0.4 is 5.32 Å². The van der Waals surface area contributed by atoms with E-state index in [4.69, 9.17) is 0 Å². The van der Waals surface area contributed by atoms with Crippen molar-refractivity contribution in [2.45, 2.75) is 23.7 Å². The average Bonchev–Trinajstić information content (AvgIpc) is 2.55. The number of rotatable bonds is 3. The predicted octanol–water partition coefficient (Wildman–Crippen LogP) is 1.41. The van der Waals surface area contributed by atoms with Crippen molar-refractivity contribution in [1.29, 1.82) is 0 Å². The second-order valence-corrected chi connectivity index (χ2v) is 7.46. The Morgan fingerprint density at radius 1 is 1.18 bits per heavy atom.